The molecule has 0 heterocycles. The van der Waals surface area contributed by atoms with Crippen molar-refractivity contribution in [3.05, 3.63) is 34.9 Å². The first-order valence-electron chi connectivity index (χ1n) is 7.71. The molecule has 0 spiro atoms. The van der Waals surface area contributed by atoms with Gasteiger partial charge in [0.15, 0.2) is 0 Å². The van der Waals surface area contributed by atoms with E-state index in [1.807, 2.05) is 12.1 Å². The molecule has 1 aromatic carbocycles. The van der Waals surface area contributed by atoms with Crippen LogP contribution in [0.25, 0.3) is 0 Å². The zero-order valence-electron chi connectivity index (χ0n) is 12.2. The van der Waals surface area contributed by atoms with Crippen molar-refractivity contribution in [3.8, 4) is 0 Å². The van der Waals surface area contributed by atoms with Gasteiger partial charge in [0.1, 0.15) is 0 Å². The first-order chi connectivity index (χ1) is 9.20. The summed E-state index contributed by atoms with van der Waals surface area (Å²) in [6, 6.07) is 9.18. The molecule has 1 fully saturated rings. The van der Waals surface area contributed by atoms with Crippen LogP contribution >= 0.6 is 11.6 Å². The van der Waals surface area contributed by atoms with E-state index in [-0.39, 0.29) is 0 Å². The summed E-state index contributed by atoms with van der Waals surface area (Å²) >= 11 is 6.27. The van der Waals surface area contributed by atoms with E-state index in [0.29, 0.717) is 12.1 Å². The molecule has 1 nitrogen and oxygen atoms in total. The fraction of sp³-hybridized carbons (Fsp3) is 0.647. The van der Waals surface area contributed by atoms with Crippen LogP contribution in [0.2, 0.25) is 5.02 Å². The van der Waals surface area contributed by atoms with E-state index in [9.17, 15) is 0 Å². The van der Waals surface area contributed by atoms with Gasteiger partial charge in [0.2, 0.25) is 0 Å². The Morgan fingerprint density at radius 1 is 1.21 bits per heavy atom. The van der Waals surface area contributed by atoms with Crippen LogP contribution in [0.3, 0.4) is 0 Å². The normalized spacial score (nSPS) is 25.8. The monoisotopic (exact) mass is 279 g/mol. The number of rotatable bonds is 4. The van der Waals surface area contributed by atoms with Crippen LogP contribution in [-0.4, -0.2) is 6.04 Å². The van der Waals surface area contributed by atoms with Crippen molar-refractivity contribution in [1.29, 1.82) is 0 Å². The van der Waals surface area contributed by atoms with Crippen molar-refractivity contribution >= 4 is 11.6 Å². The molecule has 2 rings (SSSR count). The molecular formula is C17H26ClN. The van der Waals surface area contributed by atoms with E-state index in [2.05, 4.69) is 31.3 Å². The zero-order chi connectivity index (χ0) is 13.7. The molecule has 0 radical (unpaired) electrons. The molecule has 0 aliphatic heterocycles. The molecule has 19 heavy (non-hydrogen) atoms. The number of halogens is 1. The molecule has 0 amide bonds. The van der Waals surface area contributed by atoms with Gasteiger partial charge >= 0.3 is 0 Å². The van der Waals surface area contributed by atoms with Crippen molar-refractivity contribution in [2.24, 2.45) is 5.92 Å². The molecule has 1 N–H and O–H groups in total. The van der Waals surface area contributed by atoms with Gasteiger partial charge in [0.05, 0.1) is 0 Å². The maximum atomic E-state index is 6.27. The number of hydrogen-bond donors (Lipinski definition) is 1. The van der Waals surface area contributed by atoms with E-state index < -0.39 is 0 Å². The quantitative estimate of drug-likeness (QED) is 0.733. The highest BCUT2D eigenvalue weighted by Crippen LogP contribution is 2.28. The third-order valence-corrected chi connectivity index (χ3v) is 4.87. The maximum absolute atomic E-state index is 6.27. The van der Waals surface area contributed by atoms with Gasteiger partial charge in [-0.2, -0.15) is 0 Å². The second kappa shape index (κ2) is 7.31. The lowest BCUT2D eigenvalue weighted by atomic mass is 9.97. The Hall–Kier alpha value is -0.530. The lowest BCUT2D eigenvalue weighted by Crippen LogP contribution is -2.31. The predicted octanol–water partition coefficient (Wildman–Crippen LogP) is 5.35. The zero-order valence-corrected chi connectivity index (χ0v) is 12.9. The second-order valence-electron chi connectivity index (χ2n) is 5.89. The summed E-state index contributed by atoms with van der Waals surface area (Å²) in [5.74, 6) is 0.947. The maximum Gasteiger partial charge on any atom is 0.0453 e. The Morgan fingerprint density at radius 2 is 2.00 bits per heavy atom. The van der Waals surface area contributed by atoms with Crippen molar-refractivity contribution < 1.29 is 0 Å². The molecule has 3 atom stereocenters. The molecule has 1 saturated carbocycles. The molecule has 2 heteroatoms. The fourth-order valence-corrected chi connectivity index (χ4v) is 3.52. The fourth-order valence-electron chi connectivity index (χ4n) is 3.22. The lowest BCUT2D eigenvalue weighted by Gasteiger charge is -2.23. The van der Waals surface area contributed by atoms with Crippen molar-refractivity contribution in [2.75, 3.05) is 0 Å². The smallest absolute Gasteiger partial charge is 0.0453 e. The minimum atomic E-state index is 0.344. The first-order valence-corrected chi connectivity index (χ1v) is 8.09. The van der Waals surface area contributed by atoms with Gasteiger partial charge in [0.25, 0.3) is 0 Å². The molecule has 1 aromatic rings. The number of hydrogen-bond acceptors (Lipinski definition) is 1. The Kier molecular flexibility index (Phi) is 5.72. The molecule has 106 valence electrons. The SMILES string of the molecule is CCC1CCCC(NC(C)c2ccccc2Cl)CC1. The molecule has 0 saturated heterocycles. The Bertz CT molecular complexity index is 391. The van der Waals surface area contributed by atoms with Crippen LogP contribution in [-0.2, 0) is 0 Å². The average molecular weight is 280 g/mol. The van der Waals surface area contributed by atoms with Crippen LogP contribution in [0.5, 0.6) is 0 Å². The highest BCUT2D eigenvalue weighted by Gasteiger charge is 2.20. The number of benzene rings is 1. The predicted molar refractivity (Wildman–Crippen MR) is 83.7 cm³/mol. The summed E-state index contributed by atoms with van der Waals surface area (Å²) in [5.41, 5.74) is 1.22. The number of nitrogens with one attached hydrogen (secondary N) is 1. The van der Waals surface area contributed by atoms with E-state index in [1.165, 1.54) is 44.1 Å². The highest BCUT2D eigenvalue weighted by atomic mass is 35.5. The van der Waals surface area contributed by atoms with Gasteiger partial charge in [-0.25, -0.2) is 0 Å². The summed E-state index contributed by atoms with van der Waals surface area (Å²) in [6.45, 7) is 4.55. The molecule has 0 bridgehead atoms. The second-order valence-corrected chi connectivity index (χ2v) is 6.30. The summed E-state index contributed by atoms with van der Waals surface area (Å²) in [6.07, 6.45) is 8.12. The van der Waals surface area contributed by atoms with Crippen LogP contribution in [0.1, 0.15) is 64.0 Å². The summed E-state index contributed by atoms with van der Waals surface area (Å²) in [7, 11) is 0. The average Bonchev–Trinajstić information content (AvgIpc) is 2.64. The standard InChI is InChI=1S/C17H26ClN/c1-3-14-7-6-8-15(12-11-14)19-13(2)16-9-4-5-10-17(16)18/h4-5,9-10,13-15,19H,3,6-8,11-12H2,1-2H3. The summed E-state index contributed by atoms with van der Waals surface area (Å²) in [5, 5.41) is 4.65. The van der Waals surface area contributed by atoms with Crippen LogP contribution in [0, 0.1) is 5.92 Å². The summed E-state index contributed by atoms with van der Waals surface area (Å²) in [4.78, 5) is 0. The highest BCUT2D eigenvalue weighted by molar-refractivity contribution is 6.31. The molecule has 1 aliphatic rings. The van der Waals surface area contributed by atoms with Crippen molar-refractivity contribution in [1.82, 2.24) is 5.32 Å². The topological polar surface area (TPSA) is 12.0 Å². The minimum absolute atomic E-state index is 0.344. The van der Waals surface area contributed by atoms with E-state index in [4.69, 9.17) is 11.6 Å². The van der Waals surface area contributed by atoms with Gasteiger partial charge in [-0.05, 0) is 43.7 Å². The van der Waals surface area contributed by atoms with Crippen molar-refractivity contribution in [3.63, 3.8) is 0 Å². The third kappa shape index (κ3) is 4.22. The van der Waals surface area contributed by atoms with Crippen LogP contribution in [0.4, 0.5) is 0 Å². The van der Waals surface area contributed by atoms with Gasteiger partial charge in [0, 0.05) is 17.1 Å². The largest absolute Gasteiger partial charge is 0.307 e. The molecule has 3 unspecified atom stereocenters. The lowest BCUT2D eigenvalue weighted by molar-refractivity contribution is 0.400. The minimum Gasteiger partial charge on any atom is -0.307 e. The van der Waals surface area contributed by atoms with E-state index >= 15 is 0 Å². The van der Waals surface area contributed by atoms with E-state index in [0.717, 1.165) is 10.9 Å². The molecular weight excluding hydrogens is 254 g/mol. The molecule has 1 aliphatic carbocycles. The van der Waals surface area contributed by atoms with Crippen molar-refractivity contribution in [2.45, 2.75) is 64.5 Å². The van der Waals surface area contributed by atoms with Crippen LogP contribution < -0.4 is 5.32 Å². The third-order valence-electron chi connectivity index (χ3n) is 4.52. The van der Waals surface area contributed by atoms with Gasteiger partial charge in [-0.3, -0.25) is 0 Å². The Morgan fingerprint density at radius 3 is 2.74 bits per heavy atom. The van der Waals surface area contributed by atoms with Gasteiger partial charge in [-0.1, -0.05) is 56.0 Å². The van der Waals surface area contributed by atoms with Crippen LogP contribution in [0.15, 0.2) is 24.3 Å². The van der Waals surface area contributed by atoms with Gasteiger partial charge < -0.3 is 5.32 Å². The molecule has 0 aromatic heterocycles. The van der Waals surface area contributed by atoms with Gasteiger partial charge in [-0.15, -0.1) is 0 Å². The Balaban J connectivity index is 1.92. The summed E-state index contributed by atoms with van der Waals surface area (Å²) < 4.78 is 0. The Labute approximate surface area is 122 Å². The first kappa shape index (κ1) is 14.9. The van der Waals surface area contributed by atoms with E-state index in [1.54, 1.807) is 0 Å².